The van der Waals surface area contributed by atoms with E-state index in [1.54, 1.807) is 31.8 Å². The second-order valence-electron chi connectivity index (χ2n) is 8.54. The standard InChI is InChI=1S/C26H30N4O3/c1-33-24-10-6-5-9-22(24)29-26(32)23-17-30(18-27-23)16-20-11-13-21(14-12-20)28-25(31)15-19-7-3-2-4-8-19/h5-6,9-14,17-19H,2-4,7-8,15-16H2,1H3,(H,28,31)(H,29,32). The van der Waals surface area contributed by atoms with Crippen LogP contribution >= 0.6 is 0 Å². The number of ether oxygens (including phenoxy) is 1. The van der Waals surface area contributed by atoms with Gasteiger partial charge in [0.25, 0.3) is 5.91 Å². The number of anilines is 2. The number of hydrogen-bond acceptors (Lipinski definition) is 4. The van der Waals surface area contributed by atoms with Crippen LogP contribution in [-0.2, 0) is 11.3 Å². The number of aromatic nitrogens is 2. The van der Waals surface area contributed by atoms with Crippen LogP contribution in [0, 0.1) is 5.92 Å². The van der Waals surface area contributed by atoms with Crippen LogP contribution in [0.15, 0.2) is 61.1 Å². The molecule has 1 heterocycles. The lowest BCUT2D eigenvalue weighted by molar-refractivity contribution is -0.117. The summed E-state index contributed by atoms with van der Waals surface area (Å²) in [5.74, 6) is 0.911. The number of hydrogen-bond donors (Lipinski definition) is 2. The topological polar surface area (TPSA) is 85.2 Å². The molecule has 1 aromatic heterocycles. The van der Waals surface area contributed by atoms with Crippen molar-refractivity contribution in [3.05, 3.63) is 72.3 Å². The maximum atomic E-state index is 12.6. The lowest BCUT2D eigenvalue weighted by Crippen LogP contribution is -2.18. The van der Waals surface area contributed by atoms with Crippen molar-refractivity contribution in [2.45, 2.75) is 45.1 Å². The van der Waals surface area contributed by atoms with E-state index in [-0.39, 0.29) is 11.8 Å². The first kappa shape index (κ1) is 22.6. The zero-order chi connectivity index (χ0) is 23.0. The van der Waals surface area contributed by atoms with Gasteiger partial charge in [-0.05, 0) is 48.6 Å². The highest BCUT2D eigenvalue weighted by atomic mass is 16.5. The van der Waals surface area contributed by atoms with Gasteiger partial charge < -0.3 is 19.9 Å². The highest BCUT2D eigenvalue weighted by Crippen LogP contribution is 2.27. The number of nitrogens with one attached hydrogen (secondary N) is 2. The van der Waals surface area contributed by atoms with Gasteiger partial charge in [-0.25, -0.2) is 4.98 Å². The van der Waals surface area contributed by atoms with E-state index in [2.05, 4.69) is 15.6 Å². The molecule has 0 unspecified atom stereocenters. The summed E-state index contributed by atoms with van der Waals surface area (Å²) in [5, 5.41) is 5.84. The summed E-state index contributed by atoms with van der Waals surface area (Å²) < 4.78 is 7.13. The Labute approximate surface area is 194 Å². The van der Waals surface area contributed by atoms with Crippen molar-refractivity contribution in [1.29, 1.82) is 0 Å². The molecule has 1 aliphatic rings. The predicted molar refractivity (Wildman–Crippen MR) is 129 cm³/mol. The average Bonchev–Trinajstić information content (AvgIpc) is 3.30. The lowest BCUT2D eigenvalue weighted by Gasteiger charge is -2.20. The highest BCUT2D eigenvalue weighted by Gasteiger charge is 2.17. The number of carbonyl (C=O) groups is 2. The van der Waals surface area contributed by atoms with Crippen LogP contribution in [0.3, 0.4) is 0 Å². The van der Waals surface area contributed by atoms with Crippen LogP contribution in [0.5, 0.6) is 5.75 Å². The van der Waals surface area contributed by atoms with Crippen molar-refractivity contribution in [3.63, 3.8) is 0 Å². The van der Waals surface area contributed by atoms with Gasteiger partial charge in [-0.1, -0.05) is 43.5 Å². The average molecular weight is 447 g/mol. The molecule has 33 heavy (non-hydrogen) atoms. The third-order valence-corrected chi connectivity index (χ3v) is 6.02. The molecule has 2 N–H and O–H groups in total. The third kappa shape index (κ3) is 6.22. The molecule has 172 valence electrons. The van der Waals surface area contributed by atoms with Gasteiger partial charge >= 0.3 is 0 Å². The van der Waals surface area contributed by atoms with E-state index < -0.39 is 0 Å². The van der Waals surface area contributed by atoms with E-state index in [0.717, 1.165) is 24.1 Å². The summed E-state index contributed by atoms with van der Waals surface area (Å²) in [6.45, 7) is 0.575. The molecule has 7 nitrogen and oxygen atoms in total. The maximum absolute atomic E-state index is 12.6. The summed E-state index contributed by atoms with van der Waals surface area (Å²) in [4.78, 5) is 29.1. The first-order chi connectivity index (χ1) is 16.1. The van der Waals surface area contributed by atoms with Crippen LogP contribution in [-0.4, -0.2) is 28.5 Å². The van der Waals surface area contributed by atoms with Gasteiger partial charge in [-0.3, -0.25) is 9.59 Å². The van der Waals surface area contributed by atoms with Gasteiger partial charge in [0.05, 0.1) is 19.1 Å². The van der Waals surface area contributed by atoms with Crippen LogP contribution in [0.1, 0.15) is 54.6 Å². The lowest BCUT2D eigenvalue weighted by atomic mass is 9.87. The molecular weight excluding hydrogens is 416 g/mol. The number of rotatable bonds is 8. The van der Waals surface area contributed by atoms with Gasteiger partial charge in [0.1, 0.15) is 11.4 Å². The van der Waals surface area contributed by atoms with E-state index in [1.165, 1.54) is 19.3 Å². The Kier molecular flexibility index (Phi) is 7.40. The Hall–Kier alpha value is -3.61. The molecule has 0 radical (unpaired) electrons. The molecule has 1 fully saturated rings. The quantitative estimate of drug-likeness (QED) is 0.504. The number of carbonyl (C=O) groups excluding carboxylic acids is 2. The minimum absolute atomic E-state index is 0.0926. The Morgan fingerprint density at radius 1 is 1.03 bits per heavy atom. The predicted octanol–water partition coefficient (Wildman–Crippen LogP) is 5.10. The smallest absolute Gasteiger partial charge is 0.275 e. The minimum atomic E-state index is -0.297. The largest absolute Gasteiger partial charge is 0.495 e. The normalized spacial score (nSPS) is 14.0. The second-order valence-corrected chi connectivity index (χ2v) is 8.54. The fraction of sp³-hybridized carbons (Fsp3) is 0.346. The Morgan fingerprint density at radius 2 is 1.79 bits per heavy atom. The van der Waals surface area contributed by atoms with Crippen LogP contribution in [0.2, 0.25) is 0 Å². The second kappa shape index (κ2) is 10.8. The SMILES string of the molecule is COc1ccccc1NC(=O)c1cn(Cc2ccc(NC(=O)CC3CCCCC3)cc2)cn1. The molecule has 0 saturated heterocycles. The van der Waals surface area contributed by atoms with Gasteiger partial charge in [0, 0.05) is 24.8 Å². The van der Waals surface area contributed by atoms with E-state index in [0.29, 0.717) is 36.0 Å². The number of benzene rings is 2. The van der Waals surface area contributed by atoms with Crippen LogP contribution in [0.25, 0.3) is 0 Å². The molecule has 4 rings (SSSR count). The number of imidazole rings is 1. The molecule has 0 spiro atoms. The molecule has 7 heteroatoms. The molecule has 0 bridgehead atoms. The molecular formula is C26H30N4O3. The van der Waals surface area contributed by atoms with Crippen molar-refractivity contribution in [3.8, 4) is 5.75 Å². The fourth-order valence-corrected chi connectivity index (χ4v) is 4.27. The van der Waals surface area contributed by atoms with Crippen molar-refractivity contribution in [2.75, 3.05) is 17.7 Å². The highest BCUT2D eigenvalue weighted by molar-refractivity contribution is 6.03. The van der Waals surface area contributed by atoms with Crippen molar-refractivity contribution < 1.29 is 14.3 Å². The molecule has 0 aliphatic heterocycles. The van der Waals surface area contributed by atoms with Crippen LogP contribution in [0.4, 0.5) is 11.4 Å². The van der Waals surface area contributed by atoms with E-state index in [1.807, 2.05) is 41.0 Å². The molecule has 1 aliphatic carbocycles. The fourth-order valence-electron chi connectivity index (χ4n) is 4.27. The van der Waals surface area contributed by atoms with E-state index in [4.69, 9.17) is 4.74 Å². The van der Waals surface area contributed by atoms with Gasteiger partial charge in [0.15, 0.2) is 0 Å². The number of nitrogens with zero attached hydrogens (tertiary/aromatic N) is 2. The maximum Gasteiger partial charge on any atom is 0.275 e. The van der Waals surface area contributed by atoms with Crippen LogP contribution < -0.4 is 15.4 Å². The zero-order valence-corrected chi connectivity index (χ0v) is 18.9. The van der Waals surface area contributed by atoms with E-state index >= 15 is 0 Å². The van der Waals surface area contributed by atoms with Gasteiger partial charge in [0.2, 0.25) is 5.91 Å². The molecule has 3 aromatic rings. The molecule has 2 amide bonds. The Balaban J connectivity index is 1.30. The van der Waals surface area contributed by atoms with Crippen molar-refractivity contribution in [2.24, 2.45) is 5.92 Å². The summed E-state index contributed by atoms with van der Waals surface area (Å²) in [6.07, 6.45) is 10.1. The summed E-state index contributed by atoms with van der Waals surface area (Å²) >= 11 is 0. The molecule has 0 atom stereocenters. The first-order valence-electron chi connectivity index (χ1n) is 11.5. The Morgan fingerprint density at radius 3 is 2.55 bits per heavy atom. The first-order valence-corrected chi connectivity index (χ1v) is 11.5. The third-order valence-electron chi connectivity index (χ3n) is 6.02. The number of amides is 2. The monoisotopic (exact) mass is 446 g/mol. The Bertz CT molecular complexity index is 1080. The molecule has 2 aromatic carbocycles. The summed E-state index contributed by atoms with van der Waals surface area (Å²) in [5.41, 5.74) is 2.78. The van der Waals surface area contributed by atoms with Gasteiger partial charge in [-0.15, -0.1) is 0 Å². The number of methoxy groups -OCH3 is 1. The van der Waals surface area contributed by atoms with E-state index in [9.17, 15) is 9.59 Å². The summed E-state index contributed by atoms with van der Waals surface area (Å²) in [6, 6.07) is 15.0. The van der Waals surface area contributed by atoms with Crippen molar-refractivity contribution in [1.82, 2.24) is 9.55 Å². The zero-order valence-electron chi connectivity index (χ0n) is 18.9. The van der Waals surface area contributed by atoms with Crippen molar-refractivity contribution >= 4 is 23.2 Å². The number of para-hydroxylation sites is 2. The molecule has 1 saturated carbocycles. The summed E-state index contributed by atoms with van der Waals surface area (Å²) in [7, 11) is 1.56. The van der Waals surface area contributed by atoms with Gasteiger partial charge in [-0.2, -0.15) is 0 Å². The minimum Gasteiger partial charge on any atom is -0.495 e.